The van der Waals surface area contributed by atoms with Gasteiger partial charge in [-0.1, -0.05) is 36.4 Å². The summed E-state index contributed by atoms with van der Waals surface area (Å²) in [7, 11) is 0. The number of aromatic nitrogens is 1. The van der Waals surface area contributed by atoms with Crippen LogP contribution in [0.25, 0.3) is 0 Å². The highest BCUT2D eigenvalue weighted by Crippen LogP contribution is 2.19. The zero-order chi connectivity index (χ0) is 37.8. The fourth-order valence-electron chi connectivity index (χ4n) is 5.47. The fourth-order valence-corrected chi connectivity index (χ4v) is 5.47. The second-order valence-electron chi connectivity index (χ2n) is 15.9. The Morgan fingerprint density at radius 3 is 1.90 bits per heavy atom. The zero-order valence-corrected chi connectivity index (χ0v) is 32.0. The molecule has 3 rings (SSSR count). The van der Waals surface area contributed by atoms with E-state index in [0.717, 1.165) is 5.56 Å². The van der Waals surface area contributed by atoms with Gasteiger partial charge < -0.3 is 18.9 Å². The van der Waals surface area contributed by atoms with Crippen LogP contribution in [-0.2, 0) is 46.5 Å². The molecule has 0 bridgehead atoms. The molecule has 1 aromatic carbocycles. The number of esters is 4. The number of hydrogen-bond acceptors (Lipinski definition) is 12. The number of benzene rings is 1. The number of nitrogens with zero attached hydrogens (tertiary/aromatic N) is 4. The third-order valence-corrected chi connectivity index (χ3v) is 7.70. The van der Waals surface area contributed by atoms with Crippen LogP contribution in [0.1, 0.15) is 96.9 Å². The monoisotopic (exact) mass is 710 g/mol. The smallest absolute Gasteiger partial charge is 0.357 e. The van der Waals surface area contributed by atoms with Gasteiger partial charge in [-0.2, -0.15) is 0 Å². The van der Waals surface area contributed by atoms with Crippen molar-refractivity contribution in [2.45, 2.75) is 111 Å². The molecule has 1 aromatic heterocycles. The molecule has 2 aromatic rings. The van der Waals surface area contributed by atoms with Crippen LogP contribution >= 0.6 is 0 Å². The quantitative estimate of drug-likeness (QED) is 0.217. The van der Waals surface area contributed by atoms with E-state index in [0.29, 0.717) is 51.5 Å². The molecule has 51 heavy (non-hydrogen) atoms. The molecule has 0 radical (unpaired) electrons. The topological polar surface area (TPSA) is 128 Å². The van der Waals surface area contributed by atoms with E-state index in [-0.39, 0.29) is 37.7 Å². The van der Waals surface area contributed by atoms with Crippen LogP contribution in [0.4, 0.5) is 0 Å². The first-order valence-electron chi connectivity index (χ1n) is 17.8. The summed E-state index contributed by atoms with van der Waals surface area (Å²) in [5.41, 5.74) is -0.220. The van der Waals surface area contributed by atoms with E-state index in [4.69, 9.17) is 18.9 Å². The fraction of sp³-hybridized carbons (Fsp3) is 0.615. The van der Waals surface area contributed by atoms with Crippen molar-refractivity contribution in [2.75, 3.05) is 45.8 Å². The van der Waals surface area contributed by atoms with Crippen LogP contribution in [0.5, 0.6) is 0 Å². The first kappa shape index (κ1) is 41.5. The second-order valence-corrected chi connectivity index (χ2v) is 15.9. The van der Waals surface area contributed by atoms with E-state index in [9.17, 15) is 19.2 Å². The minimum Gasteiger partial charge on any atom is -0.461 e. The highest BCUT2D eigenvalue weighted by atomic mass is 16.6. The third kappa shape index (κ3) is 16.3. The molecule has 0 amide bonds. The summed E-state index contributed by atoms with van der Waals surface area (Å²) >= 11 is 0. The van der Waals surface area contributed by atoms with E-state index in [2.05, 4.69) is 9.88 Å². The Bertz CT molecular complexity index is 1450. The van der Waals surface area contributed by atoms with Gasteiger partial charge in [-0.25, -0.2) is 9.78 Å². The van der Waals surface area contributed by atoms with Crippen molar-refractivity contribution in [1.82, 2.24) is 19.7 Å². The number of pyridine rings is 1. The predicted molar refractivity (Wildman–Crippen MR) is 194 cm³/mol. The summed E-state index contributed by atoms with van der Waals surface area (Å²) < 4.78 is 22.6. The summed E-state index contributed by atoms with van der Waals surface area (Å²) in [6.07, 6.45) is 0.230. The van der Waals surface area contributed by atoms with Gasteiger partial charge in [0, 0.05) is 52.2 Å². The van der Waals surface area contributed by atoms with Crippen molar-refractivity contribution in [3.05, 3.63) is 65.5 Å². The normalized spacial score (nSPS) is 16.3. The average Bonchev–Trinajstić information content (AvgIpc) is 3.09. The standard InChI is InChI=1S/C39H58N4O8/c1-37(2,3)49-34(45)27-42-21-20-41(26-30-16-13-17-31(40-30)35(46)50-38(4,5)6)22-24-43(25-23-42)32(36(47)51-39(7,8)9)18-19-33(44)48-28-29-14-11-10-12-15-29/h10-17,32H,18-28H2,1-9H3. The molecule has 12 nitrogen and oxygen atoms in total. The maximum Gasteiger partial charge on any atom is 0.357 e. The zero-order valence-electron chi connectivity index (χ0n) is 32.0. The SMILES string of the molecule is CC(C)(C)OC(=O)CN1CCN(Cc2cccc(C(=O)OC(C)(C)C)n2)CCN(C(CCC(=O)OCc2ccccc2)C(=O)OC(C)(C)C)CC1. The minimum absolute atomic E-state index is 0.0277. The molecule has 282 valence electrons. The first-order chi connectivity index (χ1) is 23.8. The van der Waals surface area contributed by atoms with Gasteiger partial charge in [0.1, 0.15) is 35.1 Å². The lowest BCUT2D eigenvalue weighted by Gasteiger charge is -2.33. The lowest BCUT2D eigenvalue weighted by molar-refractivity contribution is -0.163. The van der Waals surface area contributed by atoms with E-state index in [1.807, 2.05) is 109 Å². The molecular formula is C39H58N4O8. The highest BCUT2D eigenvalue weighted by molar-refractivity contribution is 5.87. The molecule has 1 fully saturated rings. The third-order valence-electron chi connectivity index (χ3n) is 7.70. The van der Waals surface area contributed by atoms with Crippen LogP contribution in [0, 0.1) is 0 Å². The van der Waals surface area contributed by atoms with Gasteiger partial charge in [0.2, 0.25) is 0 Å². The van der Waals surface area contributed by atoms with Gasteiger partial charge in [-0.3, -0.25) is 29.1 Å². The van der Waals surface area contributed by atoms with Crippen LogP contribution in [0.15, 0.2) is 48.5 Å². The molecule has 0 aliphatic carbocycles. The van der Waals surface area contributed by atoms with Gasteiger partial charge in [-0.05, 0) is 86.4 Å². The van der Waals surface area contributed by atoms with Crippen LogP contribution < -0.4 is 0 Å². The molecule has 12 heteroatoms. The van der Waals surface area contributed by atoms with Crippen LogP contribution in [0.3, 0.4) is 0 Å². The maximum atomic E-state index is 13.8. The number of hydrogen-bond donors (Lipinski definition) is 0. The molecule has 1 aliphatic rings. The summed E-state index contributed by atoms with van der Waals surface area (Å²) in [6, 6.07) is 14.0. The summed E-state index contributed by atoms with van der Waals surface area (Å²) in [5, 5.41) is 0. The molecule has 0 spiro atoms. The van der Waals surface area contributed by atoms with Crippen molar-refractivity contribution in [1.29, 1.82) is 0 Å². The number of carbonyl (C=O) groups excluding carboxylic acids is 4. The molecule has 0 saturated carbocycles. The van der Waals surface area contributed by atoms with Crippen molar-refractivity contribution < 1.29 is 38.1 Å². The Morgan fingerprint density at radius 2 is 1.27 bits per heavy atom. The van der Waals surface area contributed by atoms with E-state index in [1.54, 1.807) is 12.1 Å². The van der Waals surface area contributed by atoms with Gasteiger partial charge >= 0.3 is 23.9 Å². The minimum atomic E-state index is -0.734. The molecule has 1 atom stereocenters. The lowest BCUT2D eigenvalue weighted by Crippen LogP contribution is -2.49. The van der Waals surface area contributed by atoms with Crippen molar-refractivity contribution in [3.63, 3.8) is 0 Å². The van der Waals surface area contributed by atoms with Gasteiger partial charge in [-0.15, -0.1) is 0 Å². The van der Waals surface area contributed by atoms with Gasteiger partial charge in [0.25, 0.3) is 0 Å². The van der Waals surface area contributed by atoms with Gasteiger partial charge in [0.15, 0.2) is 0 Å². The number of rotatable bonds is 12. The largest absolute Gasteiger partial charge is 0.461 e. The Balaban J connectivity index is 1.84. The molecular weight excluding hydrogens is 652 g/mol. The lowest BCUT2D eigenvalue weighted by atomic mass is 10.1. The summed E-state index contributed by atoms with van der Waals surface area (Å²) in [5.74, 6) is -1.65. The number of ether oxygens (including phenoxy) is 4. The molecule has 0 N–H and O–H groups in total. The Kier molecular flexibility index (Phi) is 15.1. The van der Waals surface area contributed by atoms with E-state index >= 15 is 0 Å². The predicted octanol–water partition coefficient (Wildman–Crippen LogP) is 5.03. The van der Waals surface area contributed by atoms with E-state index < -0.39 is 40.8 Å². The van der Waals surface area contributed by atoms with Crippen LogP contribution in [0.2, 0.25) is 0 Å². The number of carbonyl (C=O) groups is 4. The Labute approximate surface area is 303 Å². The summed E-state index contributed by atoms with van der Waals surface area (Å²) in [4.78, 5) is 63.2. The highest BCUT2D eigenvalue weighted by Gasteiger charge is 2.33. The molecule has 1 unspecified atom stereocenters. The summed E-state index contributed by atoms with van der Waals surface area (Å²) in [6.45, 7) is 20.2. The van der Waals surface area contributed by atoms with Crippen molar-refractivity contribution in [2.24, 2.45) is 0 Å². The van der Waals surface area contributed by atoms with Crippen LogP contribution in [-0.4, -0.2) is 112 Å². The van der Waals surface area contributed by atoms with E-state index in [1.165, 1.54) is 0 Å². The molecule has 2 heterocycles. The second kappa shape index (κ2) is 18.6. The van der Waals surface area contributed by atoms with Crippen molar-refractivity contribution in [3.8, 4) is 0 Å². The Hall–Kier alpha value is -3.87. The Morgan fingerprint density at radius 1 is 0.686 bits per heavy atom. The molecule has 1 saturated heterocycles. The average molecular weight is 711 g/mol. The van der Waals surface area contributed by atoms with Gasteiger partial charge in [0.05, 0.1) is 12.2 Å². The molecule has 1 aliphatic heterocycles. The first-order valence-corrected chi connectivity index (χ1v) is 17.8. The van der Waals surface area contributed by atoms with Crippen molar-refractivity contribution >= 4 is 23.9 Å². The maximum absolute atomic E-state index is 13.8.